The third-order valence-corrected chi connectivity index (χ3v) is 2.12. The van der Waals surface area contributed by atoms with Crippen LogP contribution in [0.4, 0.5) is 5.69 Å². The third-order valence-electron chi connectivity index (χ3n) is 2.12. The topological polar surface area (TPSA) is 115 Å². The lowest BCUT2D eigenvalue weighted by molar-refractivity contribution is -0.386. The second-order valence-corrected chi connectivity index (χ2v) is 3.40. The maximum absolute atomic E-state index is 10.8. The van der Waals surface area contributed by atoms with Crippen LogP contribution in [0.1, 0.15) is 10.4 Å². The maximum atomic E-state index is 10.8. The molecule has 19 heavy (non-hydrogen) atoms. The number of hydrogen-bond acceptors (Lipinski definition) is 6. The number of hydrogen-bond donors (Lipinski definition) is 1. The molecule has 96 valence electrons. The number of aromatic carboxylic acids is 1. The van der Waals surface area contributed by atoms with Gasteiger partial charge in [0, 0.05) is 18.5 Å². The first kappa shape index (κ1) is 12.4. The van der Waals surface area contributed by atoms with Crippen LogP contribution in [-0.4, -0.2) is 26.0 Å². The average Bonchev–Trinajstić information content (AvgIpc) is 2.39. The van der Waals surface area contributed by atoms with Gasteiger partial charge in [-0.25, -0.2) is 9.78 Å². The summed E-state index contributed by atoms with van der Waals surface area (Å²) in [7, 11) is 0. The number of carbonyl (C=O) groups is 1. The van der Waals surface area contributed by atoms with Gasteiger partial charge in [-0.05, 0) is 12.1 Å². The van der Waals surface area contributed by atoms with Gasteiger partial charge in [-0.15, -0.1) is 0 Å². The lowest BCUT2D eigenvalue weighted by atomic mass is 10.3. The Balaban J connectivity index is 2.34. The highest BCUT2D eigenvalue weighted by molar-refractivity contribution is 5.87. The van der Waals surface area contributed by atoms with Gasteiger partial charge < -0.3 is 9.84 Å². The minimum atomic E-state index is -1.17. The molecular formula is C11H7N3O5. The van der Waals surface area contributed by atoms with E-state index in [1.807, 2.05) is 0 Å². The van der Waals surface area contributed by atoms with Crippen molar-refractivity contribution in [2.24, 2.45) is 0 Å². The zero-order valence-corrected chi connectivity index (χ0v) is 9.39. The normalized spacial score (nSPS) is 9.89. The molecule has 2 heterocycles. The highest BCUT2D eigenvalue weighted by Crippen LogP contribution is 2.28. The van der Waals surface area contributed by atoms with Crippen molar-refractivity contribution in [2.75, 3.05) is 0 Å². The third kappa shape index (κ3) is 2.80. The Labute approximate surface area is 106 Å². The largest absolute Gasteiger partial charge is 0.478 e. The van der Waals surface area contributed by atoms with E-state index in [4.69, 9.17) is 9.84 Å². The van der Waals surface area contributed by atoms with E-state index in [2.05, 4.69) is 9.97 Å². The molecule has 0 atom stereocenters. The van der Waals surface area contributed by atoms with E-state index in [-0.39, 0.29) is 22.9 Å². The molecule has 2 rings (SSSR count). The first-order valence-electron chi connectivity index (χ1n) is 5.03. The molecule has 0 bridgehead atoms. The Hall–Kier alpha value is -3.03. The van der Waals surface area contributed by atoms with Gasteiger partial charge in [0.25, 0.3) is 5.88 Å². The van der Waals surface area contributed by atoms with E-state index in [1.54, 1.807) is 0 Å². The summed E-state index contributed by atoms with van der Waals surface area (Å²) < 4.78 is 5.18. The fourth-order valence-electron chi connectivity index (χ4n) is 1.30. The SMILES string of the molecule is O=C(O)c1cncc(Oc2ncccc2[N+](=O)[O-])c1. The van der Waals surface area contributed by atoms with Crippen LogP contribution in [-0.2, 0) is 0 Å². The van der Waals surface area contributed by atoms with E-state index in [0.717, 1.165) is 6.20 Å². The van der Waals surface area contributed by atoms with Crippen molar-refractivity contribution in [1.82, 2.24) is 9.97 Å². The molecule has 2 aromatic rings. The number of ether oxygens (including phenoxy) is 1. The van der Waals surface area contributed by atoms with Gasteiger partial charge >= 0.3 is 11.7 Å². The molecule has 0 aliphatic carbocycles. The summed E-state index contributed by atoms with van der Waals surface area (Å²) in [5.41, 5.74) is -0.403. The summed E-state index contributed by atoms with van der Waals surface area (Å²) in [5.74, 6) is -1.34. The Bertz CT molecular complexity index is 644. The van der Waals surface area contributed by atoms with Crippen molar-refractivity contribution >= 4 is 11.7 Å². The van der Waals surface area contributed by atoms with Crippen LogP contribution >= 0.6 is 0 Å². The Morgan fingerprint density at radius 1 is 1.42 bits per heavy atom. The fourth-order valence-corrected chi connectivity index (χ4v) is 1.30. The van der Waals surface area contributed by atoms with E-state index in [9.17, 15) is 14.9 Å². The zero-order valence-electron chi connectivity index (χ0n) is 9.39. The molecule has 0 amide bonds. The molecule has 0 radical (unpaired) electrons. The van der Waals surface area contributed by atoms with Crippen molar-refractivity contribution in [3.63, 3.8) is 0 Å². The van der Waals surface area contributed by atoms with E-state index >= 15 is 0 Å². The number of nitro groups is 1. The van der Waals surface area contributed by atoms with Crippen molar-refractivity contribution in [2.45, 2.75) is 0 Å². The molecular weight excluding hydrogens is 254 g/mol. The summed E-state index contributed by atoms with van der Waals surface area (Å²) in [4.78, 5) is 28.3. The molecule has 0 aromatic carbocycles. The van der Waals surface area contributed by atoms with Crippen LogP contribution in [0.15, 0.2) is 36.8 Å². The Morgan fingerprint density at radius 3 is 2.89 bits per heavy atom. The number of pyridine rings is 2. The lowest BCUT2D eigenvalue weighted by Crippen LogP contribution is -1.99. The first-order chi connectivity index (χ1) is 9.08. The summed E-state index contributed by atoms with van der Waals surface area (Å²) in [6.07, 6.45) is 3.71. The summed E-state index contributed by atoms with van der Waals surface area (Å²) >= 11 is 0. The lowest BCUT2D eigenvalue weighted by Gasteiger charge is -2.04. The van der Waals surface area contributed by atoms with Crippen LogP contribution in [0.3, 0.4) is 0 Å². The summed E-state index contributed by atoms with van der Waals surface area (Å²) in [6, 6.07) is 3.83. The Morgan fingerprint density at radius 2 is 2.21 bits per heavy atom. The molecule has 0 aliphatic heterocycles. The van der Waals surface area contributed by atoms with Crippen molar-refractivity contribution in [3.8, 4) is 11.6 Å². The second kappa shape index (κ2) is 5.08. The summed E-state index contributed by atoms with van der Waals surface area (Å²) in [6.45, 7) is 0. The van der Waals surface area contributed by atoms with Crippen LogP contribution in [0.5, 0.6) is 11.6 Å². The van der Waals surface area contributed by atoms with Gasteiger partial charge in [-0.3, -0.25) is 15.1 Å². The van der Waals surface area contributed by atoms with E-state index < -0.39 is 10.9 Å². The molecule has 0 saturated heterocycles. The van der Waals surface area contributed by atoms with E-state index in [0.29, 0.717) is 0 Å². The quantitative estimate of drug-likeness (QED) is 0.659. The molecule has 8 heteroatoms. The van der Waals surface area contributed by atoms with E-state index in [1.165, 1.54) is 30.6 Å². The summed E-state index contributed by atoms with van der Waals surface area (Å²) in [5, 5.41) is 19.6. The van der Waals surface area contributed by atoms with Crippen LogP contribution in [0.25, 0.3) is 0 Å². The molecule has 1 N–H and O–H groups in total. The van der Waals surface area contributed by atoms with Crippen LogP contribution in [0, 0.1) is 10.1 Å². The maximum Gasteiger partial charge on any atom is 0.337 e. The monoisotopic (exact) mass is 261 g/mol. The number of carboxylic acids is 1. The van der Waals surface area contributed by atoms with Gasteiger partial charge in [0.1, 0.15) is 5.75 Å². The van der Waals surface area contributed by atoms with Crippen molar-refractivity contribution in [1.29, 1.82) is 0 Å². The van der Waals surface area contributed by atoms with Gasteiger partial charge in [0.15, 0.2) is 0 Å². The zero-order chi connectivity index (χ0) is 13.8. The molecule has 0 unspecified atom stereocenters. The molecule has 2 aromatic heterocycles. The van der Waals surface area contributed by atoms with Crippen LogP contribution < -0.4 is 4.74 Å². The second-order valence-electron chi connectivity index (χ2n) is 3.40. The average molecular weight is 261 g/mol. The number of nitrogens with zero attached hydrogens (tertiary/aromatic N) is 3. The number of rotatable bonds is 4. The highest BCUT2D eigenvalue weighted by atomic mass is 16.6. The standard InChI is InChI=1S/C11H7N3O5/c15-11(16)7-4-8(6-12-5-7)19-10-9(14(17)18)2-1-3-13-10/h1-6H,(H,15,16). The Kier molecular flexibility index (Phi) is 3.33. The molecule has 0 spiro atoms. The van der Waals surface area contributed by atoms with Crippen molar-refractivity contribution < 1.29 is 19.6 Å². The van der Waals surface area contributed by atoms with Gasteiger partial charge in [-0.1, -0.05) is 0 Å². The minimum absolute atomic E-state index is 0.0571. The smallest absolute Gasteiger partial charge is 0.337 e. The molecule has 0 aliphatic rings. The van der Waals surface area contributed by atoms with Crippen molar-refractivity contribution in [3.05, 3.63) is 52.5 Å². The van der Waals surface area contributed by atoms with Gasteiger partial charge in [0.05, 0.1) is 16.7 Å². The van der Waals surface area contributed by atoms with Crippen LogP contribution in [0.2, 0.25) is 0 Å². The molecule has 8 nitrogen and oxygen atoms in total. The predicted molar refractivity (Wildman–Crippen MR) is 62.2 cm³/mol. The highest BCUT2D eigenvalue weighted by Gasteiger charge is 2.17. The number of carboxylic acid groups (broad SMARTS) is 1. The minimum Gasteiger partial charge on any atom is -0.478 e. The van der Waals surface area contributed by atoms with Gasteiger partial charge in [-0.2, -0.15) is 0 Å². The molecule has 0 fully saturated rings. The predicted octanol–water partition coefficient (Wildman–Crippen LogP) is 1.88. The first-order valence-corrected chi connectivity index (χ1v) is 5.03. The fraction of sp³-hybridized carbons (Fsp3) is 0. The van der Waals surface area contributed by atoms with Gasteiger partial charge in [0.2, 0.25) is 0 Å². The molecule has 0 saturated carbocycles. The number of aromatic nitrogens is 2.